The lowest BCUT2D eigenvalue weighted by molar-refractivity contribution is -0.112. The number of aromatic nitrogens is 1. The molecule has 4 heteroatoms. The molecule has 11 heavy (non-hydrogen) atoms. The number of halogens is 1. The highest BCUT2D eigenvalue weighted by atomic mass is 35.5. The first-order valence-electron chi connectivity index (χ1n) is 3.02. The van der Waals surface area contributed by atoms with E-state index in [1.54, 1.807) is 6.07 Å². The monoisotopic (exact) mass is 166 g/mol. The highest BCUT2D eigenvalue weighted by molar-refractivity contribution is 6.29. The van der Waals surface area contributed by atoms with Gasteiger partial charge in [0.05, 0.1) is 11.6 Å². The lowest BCUT2D eigenvalue weighted by Gasteiger charge is -1.83. The number of pyridine rings is 1. The molecule has 0 N–H and O–H groups in total. The molecule has 0 saturated carbocycles. The molecule has 0 aromatic carbocycles. The van der Waals surface area contributed by atoms with Crippen molar-refractivity contribution in [3.63, 3.8) is 0 Å². The highest BCUT2D eigenvalue weighted by Crippen LogP contribution is 1.95. The summed E-state index contributed by atoms with van der Waals surface area (Å²) >= 11 is 5.59. The zero-order chi connectivity index (χ0) is 7.84. The maximum Gasteiger partial charge on any atom is 0.271 e. The number of hydrogen-bond donors (Lipinski definition) is 0. The minimum Gasteiger partial charge on any atom is -0.267 e. The second-order valence-electron chi connectivity index (χ2n) is 2.16. The van der Waals surface area contributed by atoms with E-state index in [4.69, 9.17) is 11.6 Å². The normalized spacial score (nSPS) is 13.7. The maximum absolute atomic E-state index is 10.7. The fraction of sp³-hybridized carbons (Fsp3) is 0. The van der Waals surface area contributed by atoms with Crippen LogP contribution in [-0.2, 0) is 4.79 Å². The number of fused-ring (bicyclic) bond motifs is 1. The molecule has 1 aromatic rings. The summed E-state index contributed by atoms with van der Waals surface area (Å²) in [5, 5.41) is 1.72. The zero-order valence-corrected chi connectivity index (χ0v) is 6.17. The Labute approximate surface area is 67.0 Å². The molecule has 0 fully saturated rings. The van der Waals surface area contributed by atoms with Gasteiger partial charge in [0, 0.05) is 11.3 Å². The van der Waals surface area contributed by atoms with E-state index in [1.807, 2.05) is 0 Å². The Bertz CT molecular complexity index is 438. The van der Waals surface area contributed by atoms with Crippen LogP contribution in [0.4, 0.5) is 0 Å². The van der Waals surface area contributed by atoms with Crippen LogP contribution in [0.3, 0.4) is 0 Å². The van der Waals surface area contributed by atoms with Crippen LogP contribution < -0.4 is 10.6 Å². The van der Waals surface area contributed by atoms with Gasteiger partial charge in [-0.1, -0.05) is 11.6 Å². The smallest absolute Gasteiger partial charge is 0.267 e. The number of hydrogen-bond acceptors (Lipinski definition) is 2. The number of nitrogens with zero attached hydrogens (tertiary/aromatic N) is 2. The molecule has 1 amide bonds. The van der Waals surface area contributed by atoms with Gasteiger partial charge in [-0.3, -0.25) is 4.79 Å². The van der Waals surface area contributed by atoms with Crippen LogP contribution in [-0.4, -0.2) is 10.9 Å². The Kier molecular flexibility index (Phi) is 1.26. The molecular weight excluding hydrogens is 164 g/mol. The highest BCUT2D eigenvalue weighted by Gasteiger charge is 2.02. The van der Waals surface area contributed by atoms with Crippen LogP contribution in [0.1, 0.15) is 0 Å². The molecule has 0 aliphatic carbocycles. The van der Waals surface area contributed by atoms with E-state index in [9.17, 15) is 4.79 Å². The minimum absolute atomic E-state index is 0.246. The van der Waals surface area contributed by atoms with Gasteiger partial charge in [-0.15, -0.1) is 0 Å². The predicted molar refractivity (Wildman–Crippen MR) is 39.5 cm³/mol. The average molecular weight is 167 g/mol. The molecule has 3 nitrogen and oxygen atoms in total. The predicted octanol–water partition coefficient (Wildman–Crippen LogP) is -0.325. The molecule has 0 bridgehead atoms. The number of rotatable bonds is 0. The van der Waals surface area contributed by atoms with Crippen LogP contribution in [0.5, 0.6) is 0 Å². The van der Waals surface area contributed by atoms with Crippen LogP contribution in [0.15, 0.2) is 17.3 Å². The first kappa shape index (κ1) is 6.49. The van der Waals surface area contributed by atoms with Crippen LogP contribution >= 0.6 is 11.6 Å². The van der Waals surface area contributed by atoms with Gasteiger partial charge in [0.2, 0.25) is 0 Å². The fourth-order valence-corrected chi connectivity index (χ4v) is 1.10. The second-order valence-corrected chi connectivity index (χ2v) is 2.55. The van der Waals surface area contributed by atoms with E-state index < -0.39 is 0 Å². The largest absolute Gasteiger partial charge is 0.271 e. The molecule has 2 heterocycles. The zero-order valence-electron chi connectivity index (χ0n) is 5.41. The molecule has 0 radical (unpaired) electrons. The van der Waals surface area contributed by atoms with Crippen molar-refractivity contribution in [1.82, 2.24) is 4.98 Å². The summed E-state index contributed by atoms with van der Waals surface area (Å²) in [5.74, 6) is -0.246. The molecule has 1 aromatic heterocycles. The summed E-state index contributed by atoms with van der Waals surface area (Å²) in [6.07, 6.45) is 2.92. The Morgan fingerprint density at radius 2 is 2.27 bits per heavy atom. The van der Waals surface area contributed by atoms with E-state index in [1.165, 1.54) is 12.3 Å². The van der Waals surface area contributed by atoms with E-state index in [0.717, 1.165) is 5.22 Å². The summed E-state index contributed by atoms with van der Waals surface area (Å²) < 4.78 is 0. The van der Waals surface area contributed by atoms with Gasteiger partial charge in [-0.2, -0.15) is 0 Å². The van der Waals surface area contributed by atoms with E-state index in [-0.39, 0.29) is 5.91 Å². The van der Waals surface area contributed by atoms with Crippen molar-refractivity contribution in [2.75, 3.05) is 0 Å². The van der Waals surface area contributed by atoms with Crippen molar-refractivity contribution in [3.05, 3.63) is 28.0 Å². The Morgan fingerprint density at radius 3 is 3.09 bits per heavy atom. The third kappa shape index (κ3) is 1.03. The summed E-state index contributed by atoms with van der Waals surface area (Å²) in [4.78, 5) is 18.2. The fourth-order valence-electron chi connectivity index (χ4n) is 0.930. The Hall–Kier alpha value is -1.22. The second kappa shape index (κ2) is 2.13. The maximum atomic E-state index is 10.7. The SMILES string of the molecule is O=C1C=c2cc(Cl)ncc2=N1. The first-order chi connectivity index (χ1) is 5.25. The lowest BCUT2D eigenvalue weighted by atomic mass is 10.4. The summed E-state index contributed by atoms with van der Waals surface area (Å²) in [6, 6.07) is 1.62. The van der Waals surface area contributed by atoms with Gasteiger partial charge in [0.15, 0.2) is 0 Å². The van der Waals surface area contributed by atoms with Gasteiger partial charge < -0.3 is 0 Å². The molecule has 2 rings (SSSR count). The molecule has 54 valence electrons. The number of carbonyl (C=O) groups excluding carboxylic acids is 1. The molecule has 0 spiro atoms. The van der Waals surface area contributed by atoms with Gasteiger partial charge in [-0.05, 0) is 6.07 Å². The average Bonchev–Trinajstić information content (AvgIpc) is 2.27. The standard InChI is InChI=1S/C7H3ClN2O/c8-6-1-4-2-7(11)10-5(4)3-9-6/h1-3H. The van der Waals surface area contributed by atoms with Crippen LogP contribution in [0.2, 0.25) is 5.15 Å². The third-order valence-corrected chi connectivity index (χ3v) is 1.60. The van der Waals surface area contributed by atoms with Crippen molar-refractivity contribution in [2.45, 2.75) is 0 Å². The quantitative estimate of drug-likeness (QED) is 0.496. The van der Waals surface area contributed by atoms with Gasteiger partial charge in [0.1, 0.15) is 5.15 Å². The van der Waals surface area contributed by atoms with Crippen LogP contribution in [0, 0.1) is 0 Å². The van der Waals surface area contributed by atoms with Crippen molar-refractivity contribution in [1.29, 1.82) is 0 Å². The molecule has 1 aliphatic heterocycles. The van der Waals surface area contributed by atoms with Gasteiger partial charge in [-0.25, -0.2) is 9.98 Å². The topological polar surface area (TPSA) is 42.3 Å². The van der Waals surface area contributed by atoms with E-state index in [2.05, 4.69) is 9.98 Å². The van der Waals surface area contributed by atoms with Crippen molar-refractivity contribution in [3.8, 4) is 0 Å². The lowest BCUT2D eigenvalue weighted by Crippen LogP contribution is -2.21. The minimum atomic E-state index is -0.246. The van der Waals surface area contributed by atoms with Crippen molar-refractivity contribution in [2.24, 2.45) is 4.99 Å². The summed E-state index contributed by atoms with van der Waals surface area (Å²) in [5.41, 5.74) is 0. The van der Waals surface area contributed by atoms with E-state index in [0.29, 0.717) is 10.5 Å². The number of carbonyl (C=O) groups is 1. The molecule has 0 atom stereocenters. The summed E-state index contributed by atoms with van der Waals surface area (Å²) in [7, 11) is 0. The summed E-state index contributed by atoms with van der Waals surface area (Å²) in [6.45, 7) is 0. The Balaban J connectivity index is 2.89. The van der Waals surface area contributed by atoms with E-state index >= 15 is 0 Å². The third-order valence-electron chi connectivity index (χ3n) is 1.39. The molecule has 0 saturated heterocycles. The molecular formula is C7H3ClN2O. The van der Waals surface area contributed by atoms with Crippen molar-refractivity contribution < 1.29 is 4.79 Å². The van der Waals surface area contributed by atoms with Gasteiger partial charge >= 0.3 is 0 Å². The molecule has 1 aliphatic rings. The van der Waals surface area contributed by atoms with Crippen molar-refractivity contribution >= 4 is 23.6 Å². The first-order valence-corrected chi connectivity index (χ1v) is 3.39. The molecule has 0 unspecified atom stereocenters. The number of amides is 1. The van der Waals surface area contributed by atoms with Crippen LogP contribution in [0.25, 0.3) is 6.08 Å². The van der Waals surface area contributed by atoms with Gasteiger partial charge in [0.25, 0.3) is 5.91 Å². The Morgan fingerprint density at radius 1 is 1.45 bits per heavy atom.